The third-order valence-electron chi connectivity index (χ3n) is 4.29. The van der Waals surface area contributed by atoms with Crippen molar-refractivity contribution in [1.29, 1.82) is 0 Å². The Morgan fingerprint density at radius 3 is 2.58 bits per heavy atom. The van der Waals surface area contributed by atoms with Crippen LogP contribution in [0.15, 0.2) is 18.2 Å². The average molecular weight is 259 g/mol. The number of ketones is 1. The molecule has 104 valence electrons. The van der Waals surface area contributed by atoms with Crippen molar-refractivity contribution in [3.05, 3.63) is 34.9 Å². The SMILES string of the molecule is Cc1ccc(C)c(CC(=O)CC2(N)CCCCC2)c1. The molecule has 0 amide bonds. The summed E-state index contributed by atoms with van der Waals surface area (Å²) >= 11 is 0. The molecule has 0 unspecified atom stereocenters. The van der Waals surface area contributed by atoms with Crippen LogP contribution in [0.2, 0.25) is 0 Å². The van der Waals surface area contributed by atoms with Crippen molar-refractivity contribution >= 4 is 5.78 Å². The molecule has 2 N–H and O–H groups in total. The summed E-state index contributed by atoms with van der Waals surface area (Å²) in [5.74, 6) is 0.290. The Morgan fingerprint density at radius 2 is 1.89 bits per heavy atom. The Balaban J connectivity index is 1.99. The van der Waals surface area contributed by atoms with Crippen LogP contribution in [0.5, 0.6) is 0 Å². The summed E-state index contributed by atoms with van der Waals surface area (Å²) < 4.78 is 0. The molecule has 0 radical (unpaired) electrons. The summed E-state index contributed by atoms with van der Waals surface area (Å²) in [4.78, 5) is 12.3. The molecular weight excluding hydrogens is 234 g/mol. The number of aryl methyl sites for hydroxylation is 2. The zero-order valence-corrected chi connectivity index (χ0v) is 12.2. The summed E-state index contributed by atoms with van der Waals surface area (Å²) in [5.41, 5.74) is 9.71. The molecule has 0 atom stereocenters. The molecule has 0 spiro atoms. The van der Waals surface area contributed by atoms with Crippen LogP contribution in [-0.4, -0.2) is 11.3 Å². The zero-order chi connectivity index (χ0) is 13.9. The van der Waals surface area contributed by atoms with Crippen molar-refractivity contribution in [2.24, 2.45) is 5.73 Å². The van der Waals surface area contributed by atoms with E-state index in [0.29, 0.717) is 12.8 Å². The Morgan fingerprint density at radius 1 is 1.21 bits per heavy atom. The zero-order valence-electron chi connectivity index (χ0n) is 12.2. The smallest absolute Gasteiger partial charge is 0.139 e. The van der Waals surface area contributed by atoms with E-state index in [2.05, 4.69) is 32.0 Å². The quantitative estimate of drug-likeness (QED) is 0.899. The van der Waals surface area contributed by atoms with Crippen molar-refractivity contribution in [3.63, 3.8) is 0 Å². The van der Waals surface area contributed by atoms with Crippen molar-refractivity contribution in [1.82, 2.24) is 0 Å². The number of carbonyl (C=O) groups excluding carboxylic acids is 1. The minimum atomic E-state index is -0.229. The molecule has 1 aromatic carbocycles. The lowest BCUT2D eigenvalue weighted by atomic mass is 9.78. The number of benzene rings is 1. The number of hydrogen-bond acceptors (Lipinski definition) is 2. The number of hydrogen-bond donors (Lipinski definition) is 1. The normalized spacial score (nSPS) is 18.3. The molecule has 0 saturated heterocycles. The number of rotatable bonds is 4. The maximum atomic E-state index is 12.3. The highest BCUT2D eigenvalue weighted by molar-refractivity contribution is 5.82. The fourth-order valence-electron chi connectivity index (χ4n) is 3.09. The Bertz CT molecular complexity index is 458. The maximum absolute atomic E-state index is 12.3. The predicted molar refractivity (Wildman–Crippen MR) is 79.2 cm³/mol. The van der Waals surface area contributed by atoms with Crippen LogP contribution in [0.25, 0.3) is 0 Å². The van der Waals surface area contributed by atoms with E-state index in [1.54, 1.807) is 0 Å². The number of carbonyl (C=O) groups is 1. The van der Waals surface area contributed by atoms with E-state index < -0.39 is 0 Å². The molecule has 2 nitrogen and oxygen atoms in total. The van der Waals surface area contributed by atoms with Crippen molar-refractivity contribution in [2.45, 2.75) is 64.3 Å². The third-order valence-corrected chi connectivity index (χ3v) is 4.29. The monoisotopic (exact) mass is 259 g/mol. The van der Waals surface area contributed by atoms with Gasteiger partial charge in [-0.1, -0.05) is 43.0 Å². The van der Waals surface area contributed by atoms with Crippen LogP contribution in [0.3, 0.4) is 0 Å². The first-order valence-electron chi connectivity index (χ1n) is 7.35. The van der Waals surface area contributed by atoms with Crippen molar-refractivity contribution in [3.8, 4) is 0 Å². The molecule has 0 aromatic heterocycles. The van der Waals surface area contributed by atoms with Crippen LogP contribution in [0.1, 0.15) is 55.2 Å². The van der Waals surface area contributed by atoms with Gasteiger partial charge in [-0.05, 0) is 37.8 Å². The molecule has 1 fully saturated rings. The van der Waals surface area contributed by atoms with Gasteiger partial charge in [-0.3, -0.25) is 4.79 Å². The van der Waals surface area contributed by atoms with Gasteiger partial charge < -0.3 is 5.73 Å². The second-order valence-electron chi connectivity index (χ2n) is 6.25. The lowest BCUT2D eigenvalue weighted by molar-refractivity contribution is -0.119. The topological polar surface area (TPSA) is 43.1 Å². The molecule has 2 heteroatoms. The molecule has 19 heavy (non-hydrogen) atoms. The lowest BCUT2D eigenvalue weighted by Crippen LogP contribution is -2.43. The standard InChI is InChI=1S/C17H25NO/c1-13-6-7-14(2)15(10-13)11-16(19)12-17(18)8-4-3-5-9-17/h6-7,10H,3-5,8-9,11-12,18H2,1-2H3. The highest BCUT2D eigenvalue weighted by Gasteiger charge is 2.29. The van der Waals surface area contributed by atoms with Crippen molar-refractivity contribution < 1.29 is 4.79 Å². The fraction of sp³-hybridized carbons (Fsp3) is 0.588. The highest BCUT2D eigenvalue weighted by Crippen LogP contribution is 2.29. The molecule has 0 heterocycles. The Labute approximate surface area is 116 Å². The van der Waals surface area contributed by atoms with Gasteiger partial charge in [0, 0.05) is 18.4 Å². The van der Waals surface area contributed by atoms with E-state index in [1.165, 1.54) is 30.4 Å². The molecule has 0 aliphatic heterocycles. The van der Waals surface area contributed by atoms with Gasteiger partial charge in [-0.25, -0.2) is 0 Å². The number of Topliss-reactive ketones (excluding diaryl/α,β-unsaturated/α-hetero) is 1. The van der Waals surface area contributed by atoms with Gasteiger partial charge in [0.15, 0.2) is 0 Å². The van der Waals surface area contributed by atoms with Gasteiger partial charge in [0.2, 0.25) is 0 Å². The van der Waals surface area contributed by atoms with Gasteiger partial charge in [0.1, 0.15) is 5.78 Å². The second-order valence-corrected chi connectivity index (χ2v) is 6.25. The first-order chi connectivity index (χ1) is 8.98. The summed E-state index contributed by atoms with van der Waals surface area (Å²) in [5, 5.41) is 0. The van der Waals surface area contributed by atoms with Crippen molar-refractivity contribution in [2.75, 3.05) is 0 Å². The molecule has 1 aliphatic carbocycles. The number of nitrogens with two attached hydrogens (primary N) is 1. The maximum Gasteiger partial charge on any atom is 0.139 e. The molecule has 1 saturated carbocycles. The van der Waals surface area contributed by atoms with E-state index >= 15 is 0 Å². The van der Waals surface area contributed by atoms with Gasteiger partial charge >= 0.3 is 0 Å². The second kappa shape index (κ2) is 5.87. The largest absolute Gasteiger partial charge is 0.325 e. The third kappa shape index (κ3) is 3.90. The minimum absolute atomic E-state index is 0.229. The molecular formula is C17H25NO. The van der Waals surface area contributed by atoms with Crippen LogP contribution < -0.4 is 5.73 Å². The molecule has 2 rings (SSSR count). The Kier molecular flexibility index (Phi) is 4.41. The first-order valence-corrected chi connectivity index (χ1v) is 7.35. The molecule has 1 aliphatic rings. The molecule has 0 bridgehead atoms. The van der Waals surface area contributed by atoms with Gasteiger partial charge in [-0.15, -0.1) is 0 Å². The van der Waals surface area contributed by atoms with Gasteiger partial charge in [0.05, 0.1) is 0 Å². The van der Waals surface area contributed by atoms with E-state index in [9.17, 15) is 4.79 Å². The molecule has 1 aromatic rings. The van der Waals surface area contributed by atoms with Crippen LogP contribution in [-0.2, 0) is 11.2 Å². The van der Waals surface area contributed by atoms with Gasteiger partial charge in [0.25, 0.3) is 0 Å². The minimum Gasteiger partial charge on any atom is -0.325 e. The summed E-state index contributed by atoms with van der Waals surface area (Å²) in [7, 11) is 0. The summed E-state index contributed by atoms with van der Waals surface area (Å²) in [6.45, 7) is 4.14. The van der Waals surface area contributed by atoms with Crippen LogP contribution in [0.4, 0.5) is 0 Å². The van der Waals surface area contributed by atoms with E-state index in [-0.39, 0.29) is 11.3 Å². The first kappa shape index (κ1) is 14.3. The van der Waals surface area contributed by atoms with Gasteiger partial charge in [-0.2, -0.15) is 0 Å². The average Bonchev–Trinajstić information content (AvgIpc) is 2.34. The van der Waals surface area contributed by atoms with Crippen LogP contribution in [0, 0.1) is 13.8 Å². The van der Waals surface area contributed by atoms with Crippen LogP contribution >= 0.6 is 0 Å². The Hall–Kier alpha value is -1.15. The summed E-state index contributed by atoms with van der Waals surface area (Å²) in [6.07, 6.45) is 6.70. The van der Waals surface area contributed by atoms with E-state index in [1.807, 2.05) is 0 Å². The predicted octanol–water partition coefficient (Wildman–Crippen LogP) is 3.47. The fourth-order valence-corrected chi connectivity index (χ4v) is 3.09. The van der Waals surface area contributed by atoms with E-state index in [0.717, 1.165) is 18.4 Å². The highest BCUT2D eigenvalue weighted by atomic mass is 16.1. The lowest BCUT2D eigenvalue weighted by Gasteiger charge is -2.32. The van der Waals surface area contributed by atoms with E-state index in [4.69, 9.17) is 5.73 Å². The summed E-state index contributed by atoms with van der Waals surface area (Å²) in [6, 6.07) is 6.31.